The minimum absolute atomic E-state index is 0.00552. The van der Waals surface area contributed by atoms with E-state index in [0.29, 0.717) is 36.9 Å². The Morgan fingerprint density at radius 3 is 2.69 bits per heavy atom. The maximum Gasteiger partial charge on any atom is 0.225 e. The molecule has 26 heavy (non-hydrogen) atoms. The van der Waals surface area contributed by atoms with Gasteiger partial charge in [-0.25, -0.2) is 18.4 Å². The number of aromatic nitrogens is 2. The van der Waals surface area contributed by atoms with E-state index >= 15 is 0 Å². The lowest BCUT2D eigenvalue weighted by Gasteiger charge is -2.27. The molecule has 0 N–H and O–H groups in total. The van der Waals surface area contributed by atoms with Crippen molar-refractivity contribution in [3.63, 3.8) is 0 Å². The first-order valence-corrected chi connectivity index (χ1v) is 11.3. The van der Waals surface area contributed by atoms with Gasteiger partial charge in [0.1, 0.15) is 0 Å². The Kier molecular flexibility index (Phi) is 3.74. The van der Waals surface area contributed by atoms with Crippen molar-refractivity contribution in [2.24, 2.45) is 5.92 Å². The van der Waals surface area contributed by atoms with E-state index in [2.05, 4.69) is 9.88 Å². The van der Waals surface area contributed by atoms with Gasteiger partial charge in [-0.05, 0) is 31.6 Å². The fourth-order valence-electron chi connectivity index (χ4n) is 4.54. The highest BCUT2D eigenvalue weighted by Crippen LogP contribution is 2.41. The van der Waals surface area contributed by atoms with Crippen molar-refractivity contribution in [2.75, 3.05) is 31.1 Å². The van der Waals surface area contributed by atoms with Crippen molar-refractivity contribution in [2.45, 2.75) is 49.0 Å². The Balaban J connectivity index is 1.46. The highest BCUT2D eigenvalue weighted by atomic mass is 32.2. The summed E-state index contributed by atoms with van der Waals surface area (Å²) in [6.07, 6.45) is 6.79. The molecule has 0 spiro atoms. The van der Waals surface area contributed by atoms with Gasteiger partial charge in [-0.1, -0.05) is 0 Å². The number of amides is 1. The van der Waals surface area contributed by atoms with Crippen molar-refractivity contribution < 1.29 is 13.2 Å². The van der Waals surface area contributed by atoms with Gasteiger partial charge in [-0.15, -0.1) is 0 Å². The fourth-order valence-corrected chi connectivity index (χ4v) is 6.53. The molecule has 0 aromatic carbocycles. The molecule has 4 heterocycles. The molecule has 7 nitrogen and oxygen atoms in total. The minimum atomic E-state index is -3.27. The van der Waals surface area contributed by atoms with Crippen LogP contribution in [0.1, 0.15) is 49.3 Å². The van der Waals surface area contributed by atoms with E-state index in [9.17, 15) is 13.2 Å². The van der Waals surface area contributed by atoms with Crippen LogP contribution >= 0.6 is 0 Å². The molecule has 1 aliphatic carbocycles. The molecule has 1 saturated carbocycles. The number of carbonyl (C=O) groups excluding carboxylic acids is 1. The number of likely N-dealkylation sites (tertiary alicyclic amines) is 1. The molecule has 0 radical (unpaired) electrons. The molecular formula is C18H24N4O3S. The summed E-state index contributed by atoms with van der Waals surface area (Å²) in [5, 5.41) is -0.514. The topological polar surface area (TPSA) is 83.5 Å². The van der Waals surface area contributed by atoms with Crippen molar-refractivity contribution in [3.8, 4) is 0 Å². The second-order valence-electron chi connectivity index (χ2n) is 8.17. The number of fused-ring (bicyclic) bond motifs is 3. The van der Waals surface area contributed by atoms with Gasteiger partial charge in [0.15, 0.2) is 9.84 Å². The summed E-state index contributed by atoms with van der Waals surface area (Å²) in [5.41, 5.74) is 1.56. The van der Waals surface area contributed by atoms with Crippen LogP contribution in [-0.2, 0) is 20.4 Å². The first-order valence-electron chi connectivity index (χ1n) is 9.61. The Bertz CT molecular complexity index is 846. The van der Waals surface area contributed by atoms with E-state index in [1.54, 1.807) is 11.1 Å². The molecule has 2 atom stereocenters. The first kappa shape index (κ1) is 16.5. The van der Waals surface area contributed by atoms with Crippen LogP contribution < -0.4 is 4.90 Å². The van der Waals surface area contributed by atoms with Gasteiger partial charge >= 0.3 is 0 Å². The summed E-state index contributed by atoms with van der Waals surface area (Å²) < 4.78 is 25.5. The molecule has 2 saturated heterocycles. The number of hydrogen-bond acceptors (Lipinski definition) is 6. The average molecular weight is 376 g/mol. The Morgan fingerprint density at radius 2 is 1.96 bits per heavy atom. The SMILES string of the molecule is O=C(CC1CC1)N1C[C@H]2c3nc(N4CCCC4)ncc3CS(=O)(=O)[C@H]2C1. The van der Waals surface area contributed by atoms with Gasteiger partial charge in [0.2, 0.25) is 11.9 Å². The third-order valence-corrected chi connectivity index (χ3v) is 8.34. The van der Waals surface area contributed by atoms with E-state index in [1.165, 1.54) is 0 Å². The molecule has 8 heteroatoms. The number of hydrogen-bond donors (Lipinski definition) is 0. The highest BCUT2D eigenvalue weighted by molar-refractivity contribution is 7.91. The van der Waals surface area contributed by atoms with Crippen LogP contribution in [0.5, 0.6) is 0 Å². The van der Waals surface area contributed by atoms with Crippen LogP contribution in [0, 0.1) is 5.92 Å². The van der Waals surface area contributed by atoms with Gasteiger partial charge in [-0.2, -0.15) is 0 Å². The predicted octanol–water partition coefficient (Wildman–Crippen LogP) is 1.10. The van der Waals surface area contributed by atoms with E-state index in [1.807, 2.05) is 0 Å². The molecule has 0 unspecified atom stereocenters. The van der Waals surface area contributed by atoms with Gasteiger partial charge < -0.3 is 9.80 Å². The zero-order valence-corrected chi connectivity index (χ0v) is 15.6. The quantitative estimate of drug-likeness (QED) is 0.786. The molecule has 5 rings (SSSR count). The smallest absolute Gasteiger partial charge is 0.225 e. The number of rotatable bonds is 3. The van der Waals surface area contributed by atoms with E-state index in [4.69, 9.17) is 4.98 Å². The minimum Gasteiger partial charge on any atom is -0.341 e. The average Bonchev–Trinajstić information content (AvgIpc) is 3.11. The van der Waals surface area contributed by atoms with E-state index < -0.39 is 15.1 Å². The highest BCUT2D eigenvalue weighted by Gasteiger charge is 2.49. The normalized spacial score (nSPS) is 29.5. The number of nitrogens with zero attached hydrogens (tertiary/aromatic N) is 4. The van der Waals surface area contributed by atoms with Crippen LogP contribution in [0.4, 0.5) is 5.95 Å². The number of anilines is 1. The molecule has 3 fully saturated rings. The lowest BCUT2D eigenvalue weighted by atomic mass is 10.00. The lowest BCUT2D eigenvalue weighted by Crippen LogP contribution is -2.36. The molecule has 3 aliphatic heterocycles. The molecule has 1 aromatic heterocycles. The summed E-state index contributed by atoms with van der Waals surface area (Å²) in [6, 6.07) is 0. The lowest BCUT2D eigenvalue weighted by molar-refractivity contribution is -0.130. The molecule has 4 aliphatic rings. The van der Waals surface area contributed by atoms with Crippen molar-refractivity contribution in [1.82, 2.24) is 14.9 Å². The summed E-state index contributed by atoms with van der Waals surface area (Å²) in [6.45, 7) is 2.70. The van der Waals surface area contributed by atoms with Crippen LogP contribution in [0.15, 0.2) is 6.20 Å². The summed E-state index contributed by atoms with van der Waals surface area (Å²) in [5.74, 6) is 1.11. The Labute approximate surface area is 153 Å². The van der Waals surface area contributed by atoms with Crippen molar-refractivity contribution in [3.05, 3.63) is 17.5 Å². The first-order chi connectivity index (χ1) is 12.5. The zero-order valence-electron chi connectivity index (χ0n) is 14.8. The predicted molar refractivity (Wildman–Crippen MR) is 96.6 cm³/mol. The third-order valence-electron chi connectivity index (χ3n) is 6.22. The molecule has 0 bridgehead atoms. The number of carbonyl (C=O) groups is 1. The van der Waals surface area contributed by atoms with Crippen molar-refractivity contribution >= 4 is 21.7 Å². The van der Waals surface area contributed by atoms with Crippen molar-refractivity contribution in [1.29, 1.82) is 0 Å². The Morgan fingerprint density at radius 1 is 1.19 bits per heavy atom. The molecule has 1 amide bonds. The van der Waals surface area contributed by atoms with Crippen LogP contribution in [0.3, 0.4) is 0 Å². The van der Waals surface area contributed by atoms with Crippen LogP contribution in [-0.4, -0.2) is 60.6 Å². The number of sulfone groups is 1. The molecular weight excluding hydrogens is 352 g/mol. The summed E-state index contributed by atoms with van der Waals surface area (Å²) in [4.78, 5) is 25.7. The standard InChI is InChI=1S/C18H24N4O3S/c23-16(7-12-3-4-12)22-9-14-15(10-22)26(24,25)11-13-8-19-18(20-17(13)14)21-5-1-2-6-21/h8,12,14-15H,1-7,9-11H2/t14-,15+/m1/s1. The summed E-state index contributed by atoms with van der Waals surface area (Å²) in [7, 11) is -3.27. The maximum atomic E-state index is 12.8. The Hall–Kier alpha value is -1.70. The van der Waals surface area contributed by atoms with Gasteiger partial charge in [0, 0.05) is 50.3 Å². The van der Waals surface area contributed by atoms with Gasteiger partial charge in [0.25, 0.3) is 0 Å². The van der Waals surface area contributed by atoms with Gasteiger partial charge in [0.05, 0.1) is 16.7 Å². The zero-order chi connectivity index (χ0) is 17.9. The van der Waals surface area contributed by atoms with Gasteiger partial charge in [-0.3, -0.25) is 4.79 Å². The monoisotopic (exact) mass is 376 g/mol. The second-order valence-corrected chi connectivity index (χ2v) is 10.4. The summed E-state index contributed by atoms with van der Waals surface area (Å²) >= 11 is 0. The van der Waals surface area contributed by atoms with E-state index in [-0.39, 0.29) is 17.6 Å². The molecule has 1 aromatic rings. The van der Waals surface area contributed by atoms with E-state index in [0.717, 1.165) is 44.5 Å². The largest absolute Gasteiger partial charge is 0.341 e. The second kappa shape index (κ2) is 5.90. The molecule has 140 valence electrons. The maximum absolute atomic E-state index is 12.8. The third kappa shape index (κ3) is 2.78. The van der Waals surface area contributed by atoms with Crippen LogP contribution in [0.2, 0.25) is 0 Å². The fraction of sp³-hybridized carbons (Fsp3) is 0.722. The van der Waals surface area contributed by atoms with Crippen LogP contribution in [0.25, 0.3) is 0 Å².